The first-order chi connectivity index (χ1) is 12.3. The van der Waals surface area contributed by atoms with Gasteiger partial charge < -0.3 is 18.9 Å². The maximum Gasteiger partial charge on any atom is 0.310 e. The minimum atomic E-state index is -0.199. The lowest BCUT2D eigenvalue weighted by molar-refractivity contribution is -0.185. The van der Waals surface area contributed by atoms with Gasteiger partial charge in [0.2, 0.25) is 5.75 Å². The van der Waals surface area contributed by atoms with Crippen LogP contribution in [0, 0.1) is 23.2 Å². The predicted octanol–water partition coefficient (Wildman–Crippen LogP) is 3.87. The van der Waals surface area contributed by atoms with Crippen molar-refractivity contribution in [3.63, 3.8) is 0 Å². The molecule has 0 spiro atoms. The van der Waals surface area contributed by atoms with Crippen LogP contribution in [0.15, 0.2) is 12.1 Å². The normalized spacial score (nSPS) is 28.7. The molecule has 144 valence electrons. The van der Waals surface area contributed by atoms with Crippen molar-refractivity contribution in [2.45, 2.75) is 46.1 Å². The van der Waals surface area contributed by atoms with Crippen molar-refractivity contribution in [2.24, 2.45) is 23.2 Å². The largest absolute Gasteiger partial charge is 0.493 e. The van der Waals surface area contributed by atoms with Gasteiger partial charge in [-0.25, -0.2) is 0 Å². The Morgan fingerprint density at radius 2 is 1.69 bits per heavy atom. The third kappa shape index (κ3) is 3.12. The van der Waals surface area contributed by atoms with E-state index in [-0.39, 0.29) is 18.5 Å². The van der Waals surface area contributed by atoms with Gasteiger partial charge in [0.1, 0.15) is 6.10 Å². The van der Waals surface area contributed by atoms with Gasteiger partial charge in [0.05, 0.1) is 27.8 Å². The van der Waals surface area contributed by atoms with E-state index in [1.54, 1.807) is 33.5 Å². The molecule has 3 aliphatic carbocycles. The average Bonchev–Trinajstić information content (AvgIpc) is 2.61. The molecule has 1 aromatic rings. The molecular weight excluding hydrogens is 332 g/mol. The maximum atomic E-state index is 12.5. The van der Waals surface area contributed by atoms with E-state index in [1.165, 1.54) is 6.42 Å². The molecule has 26 heavy (non-hydrogen) atoms. The second-order valence-corrected chi connectivity index (χ2v) is 8.19. The molecule has 0 aliphatic heterocycles. The number of fused-ring (bicyclic) bond motifs is 2. The Bertz CT molecular complexity index is 656. The molecule has 5 heteroatoms. The van der Waals surface area contributed by atoms with E-state index in [0.717, 1.165) is 12.0 Å². The van der Waals surface area contributed by atoms with Gasteiger partial charge >= 0.3 is 5.97 Å². The van der Waals surface area contributed by atoms with Crippen molar-refractivity contribution < 1.29 is 23.7 Å². The molecule has 3 aliphatic rings. The molecule has 4 unspecified atom stereocenters. The highest BCUT2D eigenvalue weighted by molar-refractivity contribution is 5.74. The topological polar surface area (TPSA) is 54.0 Å². The van der Waals surface area contributed by atoms with Crippen LogP contribution in [0.1, 0.15) is 39.2 Å². The maximum absolute atomic E-state index is 12.5. The van der Waals surface area contributed by atoms with E-state index in [1.807, 2.05) is 0 Å². The summed E-state index contributed by atoms with van der Waals surface area (Å²) in [6, 6.07) is 3.60. The average molecular weight is 362 g/mol. The Balaban J connectivity index is 1.67. The first-order valence-electron chi connectivity index (χ1n) is 9.30. The molecule has 0 radical (unpaired) electrons. The van der Waals surface area contributed by atoms with Gasteiger partial charge in [0, 0.05) is 0 Å². The van der Waals surface area contributed by atoms with E-state index < -0.39 is 0 Å². The van der Waals surface area contributed by atoms with Gasteiger partial charge in [-0.2, -0.15) is 0 Å². The third-order valence-corrected chi connectivity index (χ3v) is 6.64. The number of carbonyl (C=O) groups is 1. The lowest BCUT2D eigenvalue weighted by Crippen LogP contribution is -2.57. The number of carbonyl (C=O) groups excluding carboxylic acids is 1. The van der Waals surface area contributed by atoms with Crippen LogP contribution in [0.5, 0.6) is 17.2 Å². The monoisotopic (exact) mass is 362 g/mol. The Hall–Kier alpha value is -1.91. The molecule has 0 aromatic heterocycles. The van der Waals surface area contributed by atoms with Gasteiger partial charge in [0.15, 0.2) is 11.5 Å². The van der Waals surface area contributed by atoms with Crippen molar-refractivity contribution in [3.05, 3.63) is 17.7 Å². The Morgan fingerprint density at radius 3 is 2.15 bits per heavy atom. The second kappa shape index (κ2) is 7.01. The van der Waals surface area contributed by atoms with Crippen LogP contribution in [0.4, 0.5) is 0 Å². The minimum absolute atomic E-state index is 0.0290. The Labute approximate surface area is 156 Å². The van der Waals surface area contributed by atoms with Gasteiger partial charge in [-0.05, 0) is 53.7 Å². The molecule has 4 rings (SSSR count). The molecule has 0 N–H and O–H groups in total. The van der Waals surface area contributed by atoms with E-state index in [9.17, 15) is 4.79 Å². The summed E-state index contributed by atoms with van der Waals surface area (Å²) in [5.41, 5.74) is 1.18. The van der Waals surface area contributed by atoms with Gasteiger partial charge in [0.25, 0.3) is 0 Å². The van der Waals surface area contributed by atoms with E-state index in [2.05, 4.69) is 20.8 Å². The number of hydrogen-bond donors (Lipinski definition) is 0. The zero-order valence-electron chi connectivity index (χ0n) is 16.6. The van der Waals surface area contributed by atoms with E-state index in [0.29, 0.717) is 40.4 Å². The van der Waals surface area contributed by atoms with Crippen LogP contribution in [-0.2, 0) is 16.0 Å². The summed E-state index contributed by atoms with van der Waals surface area (Å²) in [7, 11) is 4.69. The summed E-state index contributed by atoms with van der Waals surface area (Å²) in [4.78, 5) is 12.5. The van der Waals surface area contributed by atoms with Crippen LogP contribution < -0.4 is 14.2 Å². The number of rotatable bonds is 6. The summed E-state index contributed by atoms with van der Waals surface area (Å²) in [6.45, 7) is 6.91. The molecule has 5 nitrogen and oxygen atoms in total. The number of methoxy groups -OCH3 is 3. The van der Waals surface area contributed by atoms with Crippen LogP contribution in [-0.4, -0.2) is 33.4 Å². The molecule has 2 bridgehead atoms. The van der Waals surface area contributed by atoms with Crippen LogP contribution in [0.3, 0.4) is 0 Å². The Kier molecular flexibility index (Phi) is 5.09. The third-order valence-electron chi connectivity index (χ3n) is 6.64. The summed E-state index contributed by atoms with van der Waals surface area (Å²) >= 11 is 0. The highest BCUT2D eigenvalue weighted by Gasteiger charge is 2.57. The minimum Gasteiger partial charge on any atom is -0.493 e. The van der Waals surface area contributed by atoms with Gasteiger partial charge in [-0.15, -0.1) is 0 Å². The number of ether oxygens (including phenoxy) is 4. The molecule has 0 heterocycles. The predicted molar refractivity (Wildman–Crippen MR) is 98.8 cm³/mol. The summed E-state index contributed by atoms with van der Waals surface area (Å²) in [5, 5.41) is 0. The molecular formula is C21H30O5. The first kappa shape index (κ1) is 18.9. The SMILES string of the molecule is COc1cc(CC(=O)OC2CC3CC(C2C)C3(C)C)cc(OC)c1OC. The van der Waals surface area contributed by atoms with Crippen LogP contribution in [0.25, 0.3) is 0 Å². The lowest BCUT2D eigenvalue weighted by atomic mass is 9.45. The first-order valence-corrected chi connectivity index (χ1v) is 9.30. The molecule has 0 saturated heterocycles. The van der Waals surface area contributed by atoms with Gasteiger partial charge in [-0.3, -0.25) is 4.79 Å². The van der Waals surface area contributed by atoms with Crippen LogP contribution >= 0.6 is 0 Å². The highest BCUT2D eigenvalue weighted by atomic mass is 16.5. The van der Waals surface area contributed by atoms with E-state index >= 15 is 0 Å². The smallest absolute Gasteiger partial charge is 0.310 e. The molecule has 1 aromatic carbocycles. The number of esters is 1. The fourth-order valence-electron chi connectivity index (χ4n) is 4.87. The van der Waals surface area contributed by atoms with Crippen molar-refractivity contribution in [1.82, 2.24) is 0 Å². The fraction of sp³-hybridized carbons (Fsp3) is 0.667. The van der Waals surface area contributed by atoms with Crippen molar-refractivity contribution >= 4 is 5.97 Å². The van der Waals surface area contributed by atoms with Crippen molar-refractivity contribution in [1.29, 1.82) is 0 Å². The molecule has 0 amide bonds. The summed E-state index contributed by atoms with van der Waals surface area (Å²) in [5.74, 6) is 3.15. The number of hydrogen-bond acceptors (Lipinski definition) is 5. The fourth-order valence-corrected chi connectivity index (χ4v) is 4.87. The standard InChI is InChI=1S/C21H30O5/c1-12-15-10-14(21(15,2)3)11-16(12)26-19(22)9-13-7-17(23-4)20(25-6)18(8-13)24-5/h7-8,12,14-16H,9-11H2,1-6H3. The van der Waals surface area contributed by atoms with Crippen molar-refractivity contribution in [3.8, 4) is 17.2 Å². The summed E-state index contributed by atoms with van der Waals surface area (Å²) in [6.07, 6.45) is 2.47. The van der Waals surface area contributed by atoms with E-state index in [4.69, 9.17) is 18.9 Å². The number of benzene rings is 1. The second-order valence-electron chi connectivity index (χ2n) is 8.19. The molecule has 4 atom stereocenters. The highest BCUT2D eigenvalue weighted by Crippen LogP contribution is 2.61. The zero-order valence-corrected chi connectivity index (χ0v) is 16.6. The Morgan fingerprint density at radius 1 is 1.08 bits per heavy atom. The lowest BCUT2D eigenvalue weighted by Gasteiger charge is -2.61. The van der Waals surface area contributed by atoms with Crippen molar-refractivity contribution in [2.75, 3.05) is 21.3 Å². The van der Waals surface area contributed by atoms with Crippen LogP contribution in [0.2, 0.25) is 0 Å². The quantitative estimate of drug-likeness (QED) is 0.719. The molecule has 3 fully saturated rings. The molecule has 3 saturated carbocycles. The zero-order chi connectivity index (χ0) is 19.1. The van der Waals surface area contributed by atoms with Gasteiger partial charge in [-0.1, -0.05) is 20.8 Å². The summed E-state index contributed by atoms with van der Waals surface area (Å²) < 4.78 is 21.9.